The van der Waals surface area contributed by atoms with Gasteiger partial charge in [0.1, 0.15) is 0 Å². The van der Waals surface area contributed by atoms with Gasteiger partial charge in [-0.25, -0.2) is 0 Å². The van der Waals surface area contributed by atoms with Crippen LogP contribution in [0.25, 0.3) is 0 Å². The summed E-state index contributed by atoms with van der Waals surface area (Å²) >= 11 is 0. The molecule has 0 amide bonds. The Labute approximate surface area is 71.4 Å². The molecule has 0 aliphatic carbocycles. The van der Waals surface area contributed by atoms with Crippen LogP contribution in [0.5, 0.6) is 0 Å². The Kier molecular flexibility index (Phi) is 2.08. The zero-order valence-electron chi connectivity index (χ0n) is 7.21. The second-order valence-corrected chi connectivity index (χ2v) is 3.21. The normalized spacial score (nSPS) is 24.2. The number of hydrogen-bond acceptors (Lipinski definition) is 4. The Morgan fingerprint density at radius 1 is 1.58 bits per heavy atom. The third-order valence-electron chi connectivity index (χ3n) is 2.21. The molecule has 1 fully saturated rings. The molecular formula is C8H13N3O. The van der Waals surface area contributed by atoms with Gasteiger partial charge in [-0.1, -0.05) is 5.16 Å². The van der Waals surface area contributed by atoms with Crippen molar-refractivity contribution >= 4 is 0 Å². The van der Waals surface area contributed by atoms with Crippen molar-refractivity contribution in [1.82, 2.24) is 15.5 Å². The second-order valence-electron chi connectivity index (χ2n) is 3.21. The van der Waals surface area contributed by atoms with Crippen LogP contribution in [-0.4, -0.2) is 23.2 Å². The average molecular weight is 167 g/mol. The minimum absolute atomic E-state index is 0.455. The summed E-state index contributed by atoms with van der Waals surface area (Å²) in [7, 11) is 0. The zero-order valence-corrected chi connectivity index (χ0v) is 7.21. The fraction of sp³-hybridized carbons (Fsp3) is 0.750. The highest BCUT2D eigenvalue weighted by Crippen LogP contribution is 2.19. The van der Waals surface area contributed by atoms with Gasteiger partial charge in [0.15, 0.2) is 5.82 Å². The van der Waals surface area contributed by atoms with E-state index >= 15 is 0 Å². The van der Waals surface area contributed by atoms with Gasteiger partial charge in [0.25, 0.3) is 0 Å². The van der Waals surface area contributed by atoms with Gasteiger partial charge in [-0.2, -0.15) is 4.98 Å². The first-order chi connectivity index (χ1) is 5.86. The molecule has 66 valence electrons. The molecule has 0 bridgehead atoms. The van der Waals surface area contributed by atoms with Crippen molar-refractivity contribution in [3.05, 3.63) is 11.7 Å². The summed E-state index contributed by atoms with van der Waals surface area (Å²) in [4.78, 5) is 4.22. The Bertz CT molecular complexity index is 253. The first kappa shape index (κ1) is 7.73. The molecule has 0 aromatic carbocycles. The third kappa shape index (κ3) is 1.48. The van der Waals surface area contributed by atoms with Crippen LogP contribution in [-0.2, 0) is 0 Å². The summed E-state index contributed by atoms with van der Waals surface area (Å²) in [6.07, 6.45) is 2.38. The maximum atomic E-state index is 4.93. The van der Waals surface area contributed by atoms with Gasteiger partial charge in [-0.15, -0.1) is 0 Å². The first-order valence-electron chi connectivity index (χ1n) is 4.37. The lowest BCUT2D eigenvalue weighted by molar-refractivity contribution is 0.371. The molecule has 0 spiro atoms. The maximum Gasteiger partial charge on any atom is 0.223 e. The van der Waals surface area contributed by atoms with Gasteiger partial charge in [0, 0.05) is 19.4 Å². The van der Waals surface area contributed by atoms with Crippen molar-refractivity contribution in [2.75, 3.05) is 13.1 Å². The van der Waals surface area contributed by atoms with Crippen molar-refractivity contribution in [2.45, 2.75) is 25.7 Å². The molecule has 1 aliphatic rings. The monoisotopic (exact) mass is 167 g/mol. The number of nitrogens with zero attached hydrogens (tertiary/aromatic N) is 2. The van der Waals surface area contributed by atoms with Crippen LogP contribution in [0.1, 0.15) is 30.5 Å². The van der Waals surface area contributed by atoms with Crippen molar-refractivity contribution in [1.29, 1.82) is 0 Å². The summed E-state index contributed by atoms with van der Waals surface area (Å²) in [5.41, 5.74) is 0. The van der Waals surface area contributed by atoms with E-state index in [9.17, 15) is 0 Å². The Hall–Kier alpha value is -0.900. The molecular weight excluding hydrogens is 154 g/mol. The van der Waals surface area contributed by atoms with Gasteiger partial charge in [-0.3, -0.25) is 0 Å². The number of nitrogens with one attached hydrogen (secondary N) is 1. The highest BCUT2D eigenvalue weighted by atomic mass is 16.5. The molecule has 4 nitrogen and oxygen atoms in total. The van der Waals surface area contributed by atoms with Gasteiger partial charge >= 0.3 is 0 Å². The molecule has 2 heterocycles. The van der Waals surface area contributed by atoms with Crippen molar-refractivity contribution in [3.8, 4) is 0 Å². The van der Waals surface area contributed by atoms with Crippen LogP contribution in [0.4, 0.5) is 0 Å². The molecule has 2 rings (SSSR count). The number of piperidine rings is 1. The van der Waals surface area contributed by atoms with Crippen LogP contribution in [0.15, 0.2) is 4.52 Å². The van der Waals surface area contributed by atoms with E-state index in [0.717, 1.165) is 18.9 Å². The van der Waals surface area contributed by atoms with Crippen molar-refractivity contribution < 1.29 is 4.52 Å². The predicted molar refractivity (Wildman–Crippen MR) is 43.9 cm³/mol. The summed E-state index contributed by atoms with van der Waals surface area (Å²) in [5, 5.41) is 7.23. The lowest BCUT2D eigenvalue weighted by Crippen LogP contribution is -2.28. The van der Waals surface area contributed by atoms with Gasteiger partial charge in [0.2, 0.25) is 5.89 Å². The minimum Gasteiger partial charge on any atom is -0.340 e. The standard InChI is InChI=1S/C8H13N3O/c1-6-10-8(11-12-6)7-3-2-4-9-5-7/h7,9H,2-5H2,1H3/t7-/m1/s1. The van der Waals surface area contributed by atoms with Crippen LogP contribution in [0.3, 0.4) is 0 Å². The predicted octanol–water partition coefficient (Wildman–Crippen LogP) is 0.845. The van der Waals surface area contributed by atoms with Crippen LogP contribution in [0, 0.1) is 6.92 Å². The molecule has 1 aromatic rings. The van der Waals surface area contributed by atoms with E-state index in [0.29, 0.717) is 11.8 Å². The second kappa shape index (κ2) is 3.23. The number of hydrogen-bond donors (Lipinski definition) is 1. The highest BCUT2D eigenvalue weighted by Gasteiger charge is 2.19. The van der Waals surface area contributed by atoms with Gasteiger partial charge < -0.3 is 9.84 Å². The molecule has 1 atom stereocenters. The van der Waals surface area contributed by atoms with E-state index in [1.165, 1.54) is 12.8 Å². The Morgan fingerprint density at radius 3 is 3.08 bits per heavy atom. The van der Waals surface area contributed by atoms with Crippen molar-refractivity contribution in [2.24, 2.45) is 0 Å². The van der Waals surface area contributed by atoms with Crippen LogP contribution >= 0.6 is 0 Å². The Morgan fingerprint density at radius 2 is 2.50 bits per heavy atom. The van der Waals surface area contributed by atoms with E-state index < -0.39 is 0 Å². The molecule has 0 radical (unpaired) electrons. The maximum absolute atomic E-state index is 4.93. The molecule has 4 heteroatoms. The minimum atomic E-state index is 0.455. The fourth-order valence-corrected chi connectivity index (χ4v) is 1.55. The SMILES string of the molecule is Cc1nc([C@@H]2CCCNC2)no1. The number of aromatic nitrogens is 2. The summed E-state index contributed by atoms with van der Waals surface area (Å²) in [6.45, 7) is 3.93. The molecule has 1 N–H and O–H groups in total. The summed E-state index contributed by atoms with van der Waals surface area (Å²) in [5.74, 6) is 1.98. The van der Waals surface area contributed by atoms with Crippen LogP contribution < -0.4 is 5.32 Å². The third-order valence-corrected chi connectivity index (χ3v) is 2.21. The summed E-state index contributed by atoms with van der Waals surface area (Å²) < 4.78 is 4.93. The largest absolute Gasteiger partial charge is 0.340 e. The fourth-order valence-electron chi connectivity index (χ4n) is 1.55. The first-order valence-corrected chi connectivity index (χ1v) is 4.37. The van der Waals surface area contributed by atoms with Gasteiger partial charge in [-0.05, 0) is 19.4 Å². The van der Waals surface area contributed by atoms with E-state index in [4.69, 9.17) is 4.52 Å². The van der Waals surface area contributed by atoms with Crippen LogP contribution in [0.2, 0.25) is 0 Å². The van der Waals surface area contributed by atoms with E-state index in [1.807, 2.05) is 6.92 Å². The summed E-state index contributed by atoms with van der Waals surface area (Å²) in [6, 6.07) is 0. The van der Waals surface area contributed by atoms with E-state index in [1.54, 1.807) is 0 Å². The number of aryl methyl sites for hydroxylation is 1. The smallest absolute Gasteiger partial charge is 0.223 e. The quantitative estimate of drug-likeness (QED) is 0.673. The Balaban J connectivity index is 2.08. The average Bonchev–Trinajstić information content (AvgIpc) is 2.54. The van der Waals surface area contributed by atoms with Gasteiger partial charge in [0.05, 0.1) is 0 Å². The molecule has 12 heavy (non-hydrogen) atoms. The van der Waals surface area contributed by atoms with E-state index in [2.05, 4.69) is 15.5 Å². The molecule has 1 aliphatic heterocycles. The van der Waals surface area contributed by atoms with Crippen molar-refractivity contribution in [3.63, 3.8) is 0 Å². The lowest BCUT2D eigenvalue weighted by Gasteiger charge is -2.19. The van der Waals surface area contributed by atoms with E-state index in [-0.39, 0.29) is 0 Å². The lowest BCUT2D eigenvalue weighted by atomic mass is 9.99. The molecule has 1 aromatic heterocycles. The zero-order chi connectivity index (χ0) is 8.39. The molecule has 1 saturated heterocycles. The molecule has 0 unspecified atom stereocenters. The highest BCUT2D eigenvalue weighted by molar-refractivity contribution is 4.97. The molecule has 0 saturated carbocycles. The topological polar surface area (TPSA) is 51.0 Å². The number of rotatable bonds is 1.